The van der Waals surface area contributed by atoms with E-state index in [0.29, 0.717) is 0 Å². The van der Waals surface area contributed by atoms with E-state index in [1.54, 1.807) is 0 Å². The first-order chi connectivity index (χ1) is 7.91. The molecule has 0 fully saturated rings. The standard InChI is InChI=1S/C9H9F2N3O3/c1-14(4-7(10)11)8(15)5-2-13-6(3-12-5)9(16)17/h2-3,7H,4H2,1H3,(H,16,17). The second-order valence-corrected chi connectivity index (χ2v) is 3.17. The minimum Gasteiger partial charge on any atom is -0.476 e. The lowest BCUT2D eigenvalue weighted by Gasteiger charge is -2.15. The number of carboxylic acid groups (broad SMARTS) is 1. The van der Waals surface area contributed by atoms with Crippen LogP contribution in [0.5, 0.6) is 0 Å². The molecule has 8 heteroatoms. The van der Waals surface area contributed by atoms with E-state index in [9.17, 15) is 18.4 Å². The molecule has 6 nitrogen and oxygen atoms in total. The van der Waals surface area contributed by atoms with Gasteiger partial charge in [-0.2, -0.15) is 0 Å². The van der Waals surface area contributed by atoms with Crippen LogP contribution in [0.1, 0.15) is 21.0 Å². The van der Waals surface area contributed by atoms with E-state index in [2.05, 4.69) is 9.97 Å². The van der Waals surface area contributed by atoms with E-state index < -0.39 is 24.8 Å². The maximum atomic E-state index is 12.0. The molecule has 1 N–H and O–H groups in total. The second kappa shape index (κ2) is 5.28. The largest absolute Gasteiger partial charge is 0.476 e. The fraction of sp³-hybridized carbons (Fsp3) is 0.333. The predicted molar refractivity (Wildman–Crippen MR) is 52.0 cm³/mol. The molecule has 1 aromatic rings. The fourth-order valence-electron chi connectivity index (χ4n) is 1.03. The zero-order chi connectivity index (χ0) is 13.0. The molecule has 1 aromatic heterocycles. The van der Waals surface area contributed by atoms with Gasteiger partial charge in [-0.05, 0) is 0 Å². The summed E-state index contributed by atoms with van der Waals surface area (Å²) in [6.45, 7) is -0.721. The molecule has 0 bridgehead atoms. The van der Waals surface area contributed by atoms with Crippen molar-refractivity contribution in [3.8, 4) is 0 Å². The van der Waals surface area contributed by atoms with Gasteiger partial charge < -0.3 is 10.0 Å². The highest BCUT2D eigenvalue weighted by molar-refractivity contribution is 5.92. The number of carboxylic acids is 1. The predicted octanol–water partition coefficient (Wildman–Crippen LogP) is 0.512. The minimum absolute atomic E-state index is 0.182. The Morgan fingerprint density at radius 2 is 1.88 bits per heavy atom. The first-order valence-electron chi connectivity index (χ1n) is 4.50. The van der Waals surface area contributed by atoms with Crippen LogP contribution in [0.2, 0.25) is 0 Å². The van der Waals surface area contributed by atoms with Crippen LogP contribution in [0, 0.1) is 0 Å². The average molecular weight is 245 g/mol. The van der Waals surface area contributed by atoms with Gasteiger partial charge in [-0.1, -0.05) is 0 Å². The molecule has 0 aromatic carbocycles. The molecule has 0 unspecified atom stereocenters. The molecule has 0 saturated heterocycles. The topological polar surface area (TPSA) is 83.4 Å². The van der Waals surface area contributed by atoms with Crippen molar-refractivity contribution >= 4 is 11.9 Å². The van der Waals surface area contributed by atoms with Crippen molar-refractivity contribution in [1.29, 1.82) is 0 Å². The third kappa shape index (κ3) is 3.44. The van der Waals surface area contributed by atoms with E-state index in [1.165, 1.54) is 7.05 Å². The Hall–Kier alpha value is -2.12. The van der Waals surface area contributed by atoms with Gasteiger partial charge in [-0.3, -0.25) is 4.79 Å². The van der Waals surface area contributed by atoms with E-state index in [1.807, 2.05) is 0 Å². The summed E-state index contributed by atoms with van der Waals surface area (Å²) in [5.41, 5.74) is -0.504. The molecule has 1 rings (SSSR count). The van der Waals surface area contributed by atoms with Crippen LogP contribution in [-0.4, -0.2) is 51.9 Å². The molecule has 1 amide bonds. The van der Waals surface area contributed by atoms with Crippen molar-refractivity contribution in [3.63, 3.8) is 0 Å². The van der Waals surface area contributed by atoms with Crippen molar-refractivity contribution in [1.82, 2.24) is 14.9 Å². The number of carbonyl (C=O) groups excluding carboxylic acids is 1. The Kier molecular flexibility index (Phi) is 4.02. The Balaban J connectivity index is 2.79. The molecule has 0 aliphatic heterocycles. The highest BCUT2D eigenvalue weighted by Crippen LogP contribution is 2.03. The number of alkyl halides is 2. The summed E-state index contributed by atoms with van der Waals surface area (Å²) >= 11 is 0. The summed E-state index contributed by atoms with van der Waals surface area (Å²) in [7, 11) is 1.20. The maximum Gasteiger partial charge on any atom is 0.356 e. The minimum atomic E-state index is -2.64. The van der Waals surface area contributed by atoms with Gasteiger partial charge in [0.15, 0.2) is 5.69 Å². The first kappa shape index (κ1) is 12.9. The first-order valence-corrected chi connectivity index (χ1v) is 4.50. The third-order valence-corrected chi connectivity index (χ3v) is 1.85. The molecular weight excluding hydrogens is 236 g/mol. The SMILES string of the molecule is CN(CC(F)F)C(=O)c1cnc(C(=O)O)cn1. The van der Waals surface area contributed by atoms with Gasteiger partial charge in [0.05, 0.1) is 18.9 Å². The van der Waals surface area contributed by atoms with E-state index in [0.717, 1.165) is 17.3 Å². The summed E-state index contributed by atoms with van der Waals surface area (Å²) < 4.78 is 24.0. The number of rotatable bonds is 4. The van der Waals surface area contributed by atoms with Crippen LogP contribution in [0.15, 0.2) is 12.4 Å². The number of hydrogen-bond acceptors (Lipinski definition) is 4. The molecule has 0 aliphatic rings. The molecule has 0 saturated carbocycles. The van der Waals surface area contributed by atoms with Crippen LogP contribution in [-0.2, 0) is 0 Å². The summed E-state index contributed by atoms with van der Waals surface area (Å²) in [4.78, 5) is 29.8. The van der Waals surface area contributed by atoms with E-state index in [-0.39, 0.29) is 11.4 Å². The molecule has 0 aliphatic carbocycles. The number of amides is 1. The quantitative estimate of drug-likeness (QED) is 0.835. The van der Waals surface area contributed by atoms with Crippen LogP contribution >= 0.6 is 0 Å². The van der Waals surface area contributed by atoms with Gasteiger partial charge in [0.2, 0.25) is 0 Å². The Labute approximate surface area is 94.9 Å². The van der Waals surface area contributed by atoms with Gasteiger partial charge in [0.25, 0.3) is 12.3 Å². The van der Waals surface area contributed by atoms with Gasteiger partial charge in [0.1, 0.15) is 5.69 Å². The lowest BCUT2D eigenvalue weighted by atomic mass is 10.3. The number of aromatic nitrogens is 2. The summed E-state index contributed by atoms with van der Waals surface area (Å²) in [5.74, 6) is -2.02. The fourth-order valence-corrected chi connectivity index (χ4v) is 1.03. The van der Waals surface area contributed by atoms with Crippen molar-refractivity contribution < 1.29 is 23.5 Å². The highest BCUT2D eigenvalue weighted by Gasteiger charge is 2.17. The van der Waals surface area contributed by atoms with Gasteiger partial charge in [-0.25, -0.2) is 23.5 Å². The zero-order valence-corrected chi connectivity index (χ0v) is 8.80. The van der Waals surface area contributed by atoms with Gasteiger partial charge >= 0.3 is 5.97 Å². The van der Waals surface area contributed by atoms with Crippen molar-refractivity contribution in [3.05, 3.63) is 23.8 Å². The van der Waals surface area contributed by atoms with Gasteiger partial charge in [0, 0.05) is 7.05 Å². The van der Waals surface area contributed by atoms with Crippen LogP contribution in [0.3, 0.4) is 0 Å². The summed E-state index contributed by atoms with van der Waals surface area (Å²) in [6, 6.07) is 0. The van der Waals surface area contributed by atoms with Crippen molar-refractivity contribution in [2.75, 3.05) is 13.6 Å². The number of halogens is 2. The molecule has 0 radical (unpaired) electrons. The lowest BCUT2D eigenvalue weighted by Crippen LogP contribution is -2.32. The molecule has 1 heterocycles. The third-order valence-electron chi connectivity index (χ3n) is 1.85. The van der Waals surface area contributed by atoms with Crippen molar-refractivity contribution in [2.45, 2.75) is 6.43 Å². The van der Waals surface area contributed by atoms with Crippen molar-refractivity contribution in [2.24, 2.45) is 0 Å². The Bertz CT molecular complexity index is 422. The van der Waals surface area contributed by atoms with Gasteiger partial charge in [-0.15, -0.1) is 0 Å². The number of hydrogen-bond donors (Lipinski definition) is 1. The average Bonchev–Trinajstić information content (AvgIpc) is 2.27. The lowest BCUT2D eigenvalue weighted by molar-refractivity contribution is 0.0613. The monoisotopic (exact) mass is 245 g/mol. The molecule has 0 atom stereocenters. The Morgan fingerprint density at radius 3 is 2.29 bits per heavy atom. The van der Waals surface area contributed by atoms with Crippen LogP contribution in [0.25, 0.3) is 0 Å². The second-order valence-electron chi connectivity index (χ2n) is 3.17. The molecule has 17 heavy (non-hydrogen) atoms. The summed E-state index contributed by atoms with van der Waals surface area (Å²) in [6.07, 6.45) is -0.810. The molecular formula is C9H9F2N3O3. The highest BCUT2D eigenvalue weighted by atomic mass is 19.3. The van der Waals surface area contributed by atoms with Crippen LogP contribution in [0.4, 0.5) is 8.78 Å². The molecule has 92 valence electrons. The maximum absolute atomic E-state index is 12.0. The molecule has 0 spiro atoms. The van der Waals surface area contributed by atoms with E-state index >= 15 is 0 Å². The number of aromatic carboxylic acids is 1. The number of carbonyl (C=O) groups is 2. The Morgan fingerprint density at radius 1 is 1.35 bits per heavy atom. The van der Waals surface area contributed by atoms with E-state index in [4.69, 9.17) is 5.11 Å². The smallest absolute Gasteiger partial charge is 0.356 e. The number of nitrogens with zero attached hydrogens (tertiary/aromatic N) is 3. The van der Waals surface area contributed by atoms with Crippen LogP contribution < -0.4 is 0 Å². The zero-order valence-electron chi connectivity index (χ0n) is 8.80. The normalized spacial score (nSPS) is 10.4. The summed E-state index contributed by atoms with van der Waals surface area (Å²) in [5, 5.41) is 8.55.